The molecular weight excluding hydrogens is 365 g/mol. The molecule has 136 valence electrons. The number of aliphatic carboxylic acids is 1. The topological polar surface area (TPSA) is 89.1 Å². The van der Waals surface area contributed by atoms with Crippen molar-refractivity contribution in [2.45, 2.75) is 6.18 Å². The van der Waals surface area contributed by atoms with Crippen molar-refractivity contribution >= 4 is 5.97 Å². The summed E-state index contributed by atoms with van der Waals surface area (Å²) >= 11 is 0. The van der Waals surface area contributed by atoms with Gasteiger partial charge in [-0.05, 0) is 24.3 Å². The van der Waals surface area contributed by atoms with Gasteiger partial charge in [0.1, 0.15) is 11.6 Å². The normalized spacial score (nSPS) is 10.8. The Morgan fingerprint density at radius 1 is 1.00 bits per heavy atom. The van der Waals surface area contributed by atoms with Crippen LogP contribution in [0.3, 0.4) is 0 Å². The third-order valence-electron chi connectivity index (χ3n) is 2.69. The molecule has 3 aromatic rings. The lowest BCUT2D eigenvalue weighted by atomic mass is 10.2. The number of hydrogen-bond donors (Lipinski definition) is 1. The summed E-state index contributed by atoms with van der Waals surface area (Å²) in [5, 5.41) is 14.7. The second kappa shape index (κ2) is 7.68. The summed E-state index contributed by atoms with van der Waals surface area (Å²) in [6, 6.07) is 6.51. The number of carboxylic acids is 1. The molecule has 0 radical (unpaired) electrons. The average Bonchev–Trinajstić information content (AvgIpc) is 3.04. The highest BCUT2D eigenvalue weighted by atomic mass is 19.4. The molecule has 1 aromatic carbocycles. The molecule has 2 aromatic heterocycles. The van der Waals surface area contributed by atoms with Gasteiger partial charge in [-0.3, -0.25) is 4.98 Å². The van der Waals surface area contributed by atoms with Crippen molar-refractivity contribution in [1.82, 2.24) is 15.2 Å². The number of carbonyl (C=O) groups is 1. The fourth-order valence-electron chi connectivity index (χ4n) is 1.62. The fourth-order valence-corrected chi connectivity index (χ4v) is 1.62. The molecule has 0 atom stereocenters. The zero-order chi connectivity index (χ0) is 19.3. The second-order valence-electron chi connectivity index (χ2n) is 4.62. The molecule has 26 heavy (non-hydrogen) atoms. The molecular formula is C15H8F5N3O3. The predicted octanol–water partition coefficient (Wildman–Crippen LogP) is 3.71. The van der Waals surface area contributed by atoms with E-state index >= 15 is 0 Å². The van der Waals surface area contributed by atoms with Crippen LogP contribution in [0.5, 0.6) is 0 Å². The number of aromatic nitrogens is 3. The zero-order valence-corrected chi connectivity index (χ0v) is 12.5. The summed E-state index contributed by atoms with van der Waals surface area (Å²) < 4.78 is 63.3. The second-order valence-corrected chi connectivity index (χ2v) is 4.62. The van der Waals surface area contributed by atoms with Crippen LogP contribution in [0.15, 0.2) is 47.1 Å². The number of halogens is 5. The van der Waals surface area contributed by atoms with Gasteiger partial charge in [0.25, 0.3) is 0 Å². The van der Waals surface area contributed by atoms with Crippen LogP contribution in [0, 0.1) is 11.6 Å². The number of alkyl halides is 3. The van der Waals surface area contributed by atoms with E-state index in [0.717, 1.165) is 18.2 Å². The summed E-state index contributed by atoms with van der Waals surface area (Å²) in [4.78, 5) is 12.8. The summed E-state index contributed by atoms with van der Waals surface area (Å²) in [5.74, 6) is -3.86. The van der Waals surface area contributed by atoms with E-state index in [1.54, 1.807) is 24.5 Å². The number of hydrogen-bond acceptors (Lipinski definition) is 5. The van der Waals surface area contributed by atoms with Crippen LogP contribution in [-0.2, 0) is 4.79 Å². The van der Waals surface area contributed by atoms with Crippen LogP contribution < -0.4 is 0 Å². The molecule has 0 saturated carbocycles. The van der Waals surface area contributed by atoms with Crippen LogP contribution in [-0.4, -0.2) is 32.4 Å². The zero-order valence-electron chi connectivity index (χ0n) is 12.5. The molecule has 0 amide bonds. The smallest absolute Gasteiger partial charge is 0.475 e. The number of rotatable bonds is 2. The van der Waals surface area contributed by atoms with Crippen molar-refractivity contribution in [3.8, 4) is 22.9 Å². The van der Waals surface area contributed by atoms with E-state index < -0.39 is 23.8 Å². The molecule has 0 spiro atoms. The summed E-state index contributed by atoms with van der Waals surface area (Å²) in [5.41, 5.74) is 0.832. The van der Waals surface area contributed by atoms with Crippen LogP contribution in [0.2, 0.25) is 0 Å². The Hall–Kier alpha value is -3.37. The lowest BCUT2D eigenvalue weighted by Crippen LogP contribution is -2.21. The van der Waals surface area contributed by atoms with E-state index in [1.165, 1.54) is 0 Å². The monoisotopic (exact) mass is 373 g/mol. The van der Waals surface area contributed by atoms with Crippen molar-refractivity contribution in [3.63, 3.8) is 0 Å². The molecule has 0 unspecified atom stereocenters. The van der Waals surface area contributed by atoms with E-state index in [4.69, 9.17) is 14.3 Å². The Kier molecular flexibility index (Phi) is 5.60. The van der Waals surface area contributed by atoms with Crippen molar-refractivity contribution in [2.24, 2.45) is 0 Å². The summed E-state index contributed by atoms with van der Waals surface area (Å²) in [7, 11) is 0. The van der Waals surface area contributed by atoms with Crippen molar-refractivity contribution in [1.29, 1.82) is 0 Å². The molecule has 0 fully saturated rings. The Bertz CT molecular complexity index is 877. The van der Waals surface area contributed by atoms with Gasteiger partial charge in [0.05, 0.1) is 5.56 Å². The molecule has 0 aliphatic heterocycles. The van der Waals surface area contributed by atoms with E-state index in [0.29, 0.717) is 5.56 Å². The largest absolute Gasteiger partial charge is 0.490 e. The Morgan fingerprint density at radius 2 is 1.54 bits per heavy atom. The third-order valence-corrected chi connectivity index (χ3v) is 2.69. The number of carboxylic acid groups (broad SMARTS) is 1. The standard InChI is InChI=1S/C13H7F2N3O.C2HF3O2/c14-10-4-9(5-11(15)6-10)13-18-17-12(19-13)8-2-1-3-16-7-8;3-2(4,5)1(6)7/h1-7H;(H,6,7). The van der Waals surface area contributed by atoms with Crippen LogP contribution in [0.4, 0.5) is 22.0 Å². The highest BCUT2D eigenvalue weighted by molar-refractivity contribution is 5.73. The molecule has 0 saturated heterocycles. The van der Waals surface area contributed by atoms with Crippen LogP contribution in [0.1, 0.15) is 0 Å². The fraction of sp³-hybridized carbons (Fsp3) is 0.0667. The summed E-state index contributed by atoms with van der Waals surface area (Å²) in [6.07, 6.45) is -1.91. The highest BCUT2D eigenvalue weighted by Crippen LogP contribution is 2.24. The SMILES string of the molecule is Fc1cc(F)cc(-c2nnc(-c3cccnc3)o2)c1.O=C(O)C(F)(F)F. The molecule has 6 nitrogen and oxygen atoms in total. The van der Waals surface area contributed by atoms with Gasteiger partial charge in [-0.1, -0.05) is 0 Å². The van der Waals surface area contributed by atoms with Gasteiger partial charge in [0.2, 0.25) is 11.8 Å². The number of benzene rings is 1. The van der Waals surface area contributed by atoms with Crippen LogP contribution in [0.25, 0.3) is 22.9 Å². The third kappa shape index (κ3) is 5.06. The van der Waals surface area contributed by atoms with Gasteiger partial charge >= 0.3 is 12.1 Å². The lowest BCUT2D eigenvalue weighted by Gasteiger charge is -1.96. The van der Waals surface area contributed by atoms with Crippen LogP contribution >= 0.6 is 0 Å². The van der Waals surface area contributed by atoms with E-state index in [2.05, 4.69) is 15.2 Å². The quantitative estimate of drug-likeness (QED) is 0.689. The Labute approximate surface area is 141 Å². The van der Waals surface area contributed by atoms with Crippen molar-refractivity contribution < 1.29 is 36.3 Å². The molecule has 2 heterocycles. The minimum atomic E-state index is -5.08. The maximum Gasteiger partial charge on any atom is 0.490 e. The summed E-state index contributed by atoms with van der Waals surface area (Å²) in [6.45, 7) is 0. The van der Waals surface area contributed by atoms with Gasteiger partial charge in [0, 0.05) is 24.0 Å². The van der Waals surface area contributed by atoms with Gasteiger partial charge in [-0.15, -0.1) is 10.2 Å². The molecule has 1 N–H and O–H groups in total. The van der Waals surface area contributed by atoms with E-state index in [9.17, 15) is 22.0 Å². The van der Waals surface area contributed by atoms with E-state index in [1.807, 2.05) is 0 Å². The Balaban J connectivity index is 0.000000298. The average molecular weight is 373 g/mol. The number of nitrogens with zero attached hydrogens (tertiary/aromatic N) is 3. The molecule has 0 aliphatic carbocycles. The lowest BCUT2D eigenvalue weighted by molar-refractivity contribution is -0.192. The first-order valence-corrected chi connectivity index (χ1v) is 6.67. The number of pyridine rings is 1. The highest BCUT2D eigenvalue weighted by Gasteiger charge is 2.38. The van der Waals surface area contributed by atoms with Crippen molar-refractivity contribution in [3.05, 3.63) is 54.4 Å². The first-order chi connectivity index (χ1) is 12.2. The molecule has 3 rings (SSSR count). The maximum absolute atomic E-state index is 13.1. The maximum atomic E-state index is 13.1. The minimum Gasteiger partial charge on any atom is -0.475 e. The van der Waals surface area contributed by atoms with Gasteiger partial charge in [0.15, 0.2) is 0 Å². The molecule has 0 aliphatic rings. The first kappa shape index (κ1) is 19.0. The molecule has 11 heteroatoms. The van der Waals surface area contributed by atoms with Gasteiger partial charge in [-0.2, -0.15) is 13.2 Å². The first-order valence-electron chi connectivity index (χ1n) is 6.67. The van der Waals surface area contributed by atoms with Gasteiger partial charge in [-0.25, -0.2) is 13.6 Å². The van der Waals surface area contributed by atoms with E-state index in [-0.39, 0.29) is 17.3 Å². The predicted molar refractivity (Wildman–Crippen MR) is 76.6 cm³/mol. The minimum absolute atomic E-state index is 0.0530. The molecule has 0 bridgehead atoms. The Morgan fingerprint density at radius 3 is 2.00 bits per heavy atom. The van der Waals surface area contributed by atoms with Crippen molar-refractivity contribution in [2.75, 3.05) is 0 Å². The van der Waals surface area contributed by atoms with Gasteiger partial charge < -0.3 is 9.52 Å².